The van der Waals surface area contributed by atoms with Gasteiger partial charge >= 0.3 is 6.03 Å². The van der Waals surface area contributed by atoms with Gasteiger partial charge in [-0.3, -0.25) is 10.1 Å². The number of aromatic nitrogens is 2. The Balaban J connectivity index is 1.37. The van der Waals surface area contributed by atoms with Crippen LogP contribution in [-0.4, -0.2) is 27.7 Å². The zero-order valence-corrected chi connectivity index (χ0v) is 17.0. The lowest BCUT2D eigenvalue weighted by atomic mass is 9.89. The van der Waals surface area contributed by atoms with E-state index in [1.54, 1.807) is 29.8 Å². The third kappa shape index (κ3) is 4.20. The maximum atomic E-state index is 12.1. The number of thioether (sulfide) groups is 1. The van der Waals surface area contributed by atoms with E-state index in [0.29, 0.717) is 11.7 Å². The molecule has 3 aromatic heterocycles. The highest BCUT2D eigenvalue weighted by Gasteiger charge is 2.23. The Kier molecular flexibility index (Phi) is 5.63. The fourth-order valence-electron chi connectivity index (χ4n) is 3.28. The quantitative estimate of drug-likeness (QED) is 0.488. The van der Waals surface area contributed by atoms with Crippen molar-refractivity contribution in [2.24, 2.45) is 5.92 Å². The molecule has 0 fully saturated rings. The molecule has 0 aliphatic heterocycles. The summed E-state index contributed by atoms with van der Waals surface area (Å²) in [6.07, 6.45) is 6.34. The van der Waals surface area contributed by atoms with Gasteiger partial charge in [0.25, 0.3) is 0 Å². The van der Waals surface area contributed by atoms with E-state index in [1.165, 1.54) is 28.5 Å². The molecule has 28 heavy (non-hydrogen) atoms. The number of imide groups is 1. The van der Waals surface area contributed by atoms with Crippen LogP contribution in [0.25, 0.3) is 10.2 Å². The summed E-state index contributed by atoms with van der Waals surface area (Å²) in [4.78, 5) is 35.1. The van der Waals surface area contributed by atoms with Gasteiger partial charge in [0.15, 0.2) is 0 Å². The van der Waals surface area contributed by atoms with Gasteiger partial charge in [0.1, 0.15) is 21.9 Å². The first-order chi connectivity index (χ1) is 13.6. The van der Waals surface area contributed by atoms with Gasteiger partial charge in [0, 0.05) is 10.3 Å². The Hall–Kier alpha value is -2.39. The third-order valence-corrected chi connectivity index (χ3v) is 6.80. The van der Waals surface area contributed by atoms with E-state index in [9.17, 15) is 9.59 Å². The molecule has 0 bridgehead atoms. The number of furan rings is 1. The van der Waals surface area contributed by atoms with E-state index in [-0.39, 0.29) is 18.2 Å². The summed E-state index contributed by atoms with van der Waals surface area (Å²) < 4.78 is 5.13. The fourth-order valence-corrected chi connectivity index (χ4v) is 5.52. The van der Waals surface area contributed by atoms with Crippen molar-refractivity contribution in [3.8, 4) is 0 Å². The lowest BCUT2D eigenvalue weighted by molar-refractivity contribution is -0.117. The van der Waals surface area contributed by atoms with Gasteiger partial charge in [0.2, 0.25) is 5.91 Å². The van der Waals surface area contributed by atoms with Crippen molar-refractivity contribution in [1.82, 2.24) is 20.6 Å². The van der Waals surface area contributed by atoms with Gasteiger partial charge in [-0.1, -0.05) is 18.7 Å². The summed E-state index contributed by atoms with van der Waals surface area (Å²) in [5.74, 6) is 1.06. The monoisotopic (exact) mass is 416 g/mol. The fraction of sp³-hybridized carbons (Fsp3) is 0.368. The minimum absolute atomic E-state index is 0.112. The van der Waals surface area contributed by atoms with Gasteiger partial charge in [-0.2, -0.15) is 0 Å². The zero-order chi connectivity index (χ0) is 19.5. The minimum atomic E-state index is -0.545. The molecule has 0 radical (unpaired) electrons. The van der Waals surface area contributed by atoms with Gasteiger partial charge in [-0.25, -0.2) is 14.8 Å². The average Bonchev–Trinajstić information content (AvgIpc) is 3.31. The number of rotatable bonds is 5. The predicted octanol–water partition coefficient (Wildman–Crippen LogP) is 3.53. The van der Waals surface area contributed by atoms with Gasteiger partial charge in [-0.15, -0.1) is 11.3 Å². The van der Waals surface area contributed by atoms with Crippen molar-refractivity contribution in [3.05, 3.63) is 40.9 Å². The molecule has 7 nitrogen and oxygen atoms in total. The minimum Gasteiger partial charge on any atom is -0.467 e. The van der Waals surface area contributed by atoms with E-state index in [2.05, 4.69) is 27.5 Å². The van der Waals surface area contributed by atoms with Crippen LogP contribution in [0.3, 0.4) is 0 Å². The Bertz CT molecular complexity index is 1000. The van der Waals surface area contributed by atoms with Crippen LogP contribution in [0.5, 0.6) is 0 Å². The highest BCUT2D eigenvalue weighted by Crippen LogP contribution is 2.40. The largest absolute Gasteiger partial charge is 0.467 e. The number of thiophene rings is 1. The molecule has 4 rings (SSSR count). The Morgan fingerprint density at radius 3 is 3.11 bits per heavy atom. The summed E-state index contributed by atoms with van der Waals surface area (Å²) in [5, 5.41) is 6.80. The van der Waals surface area contributed by atoms with Crippen molar-refractivity contribution < 1.29 is 14.0 Å². The zero-order valence-electron chi connectivity index (χ0n) is 15.4. The van der Waals surface area contributed by atoms with Crippen LogP contribution in [0, 0.1) is 5.92 Å². The van der Waals surface area contributed by atoms with Gasteiger partial charge < -0.3 is 9.73 Å². The summed E-state index contributed by atoms with van der Waals surface area (Å²) in [6.45, 7) is 2.50. The van der Waals surface area contributed by atoms with Crippen LogP contribution in [-0.2, 0) is 24.2 Å². The van der Waals surface area contributed by atoms with E-state index in [0.717, 1.165) is 34.5 Å². The molecule has 3 amide bonds. The molecule has 9 heteroatoms. The van der Waals surface area contributed by atoms with Crippen LogP contribution in [0.2, 0.25) is 0 Å². The number of aryl methyl sites for hydroxylation is 1. The van der Waals surface area contributed by atoms with E-state index in [1.807, 2.05) is 0 Å². The van der Waals surface area contributed by atoms with Crippen molar-refractivity contribution in [2.75, 3.05) is 5.75 Å². The van der Waals surface area contributed by atoms with Gasteiger partial charge in [0.05, 0.1) is 18.6 Å². The SMILES string of the molecule is C[C@H]1CCc2c(sc3ncnc(SCC(=O)NC(=O)NCc4ccco4)c23)C1. The van der Waals surface area contributed by atoms with Crippen molar-refractivity contribution in [2.45, 2.75) is 37.8 Å². The molecule has 0 saturated carbocycles. The smallest absolute Gasteiger partial charge is 0.321 e. The average molecular weight is 417 g/mol. The van der Waals surface area contributed by atoms with Crippen LogP contribution in [0.15, 0.2) is 34.2 Å². The van der Waals surface area contributed by atoms with Crippen LogP contribution in [0.1, 0.15) is 29.5 Å². The highest BCUT2D eigenvalue weighted by molar-refractivity contribution is 8.00. The van der Waals surface area contributed by atoms with Crippen LogP contribution < -0.4 is 10.6 Å². The van der Waals surface area contributed by atoms with Crippen LogP contribution in [0.4, 0.5) is 4.79 Å². The first kappa shape index (κ1) is 18.9. The molecule has 0 unspecified atom stereocenters. The van der Waals surface area contributed by atoms with Crippen molar-refractivity contribution >= 4 is 45.3 Å². The second-order valence-corrected chi connectivity index (χ2v) is 8.86. The number of hydrogen-bond acceptors (Lipinski definition) is 7. The third-order valence-electron chi connectivity index (χ3n) is 4.65. The number of carbonyl (C=O) groups excluding carboxylic acids is 2. The van der Waals surface area contributed by atoms with Crippen molar-refractivity contribution in [1.29, 1.82) is 0 Å². The molecule has 2 N–H and O–H groups in total. The molecule has 0 spiro atoms. The molecule has 3 aromatic rings. The number of hydrogen-bond donors (Lipinski definition) is 2. The molecule has 3 heterocycles. The number of nitrogens with zero attached hydrogens (tertiary/aromatic N) is 2. The van der Waals surface area contributed by atoms with Gasteiger partial charge in [-0.05, 0) is 42.9 Å². The Labute approximate surface area is 170 Å². The van der Waals surface area contributed by atoms with Crippen molar-refractivity contribution in [3.63, 3.8) is 0 Å². The highest BCUT2D eigenvalue weighted by atomic mass is 32.2. The summed E-state index contributed by atoms with van der Waals surface area (Å²) in [6, 6.07) is 2.94. The number of amides is 3. The first-order valence-corrected chi connectivity index (χ1v) is 10.9. The number of fused-ring (bicyclic) bond motifs is 3. The number of nitrogens with one attached hydrogen (secondary N) is 2. The molecule has 0 aromatic carbocycles. The summed E-state index contributed by atoms with van der Waals surface area (Å²) >= 11 is 3.07. The van der Waals surface area contributed by atoms with Crippen LogP contribution >= 0.6 is 23.1 Å². The maximum Gasteiger partial charge on any atom is 0.321 e. The molecule has 1 aliphatic carbocycles. The van der Waals surface area contributed by atoms with E-state index in [4.69, 9.17) is 4.42 Å². The number of urea groups is 1. The predicted molar refractivity (Wildman–Crippen MR) is 108 cm³/mol. The Morgan fingerprint density at radius 2 is 2.29 bits per heavy atom. The van der Waals surface area contributed by atoms with E-state index < -0.39 is 6.03 Å². The lowest BCUT2D eigenvalue weighted by Crippen LogP contribution is -2.39. The molecular formula is C19H20N4O3S2. The molecule has 146 valence electrons. The second kappa shape index (κ2) is 8.32. The lowest BCUT2D eigenvalue weighted by Gasteiger charge is -2.18. The normalized spacial score (nSPS) is 16.0. The summed E-state index contributed by atoms with van der Waals surface area (Å²) in [5.41, 5.74) is 1.33. The first-order valence-electron chi connectivity index (χ1n) is 9.08. The molecular weight excluding hydrogens is 396 g/mol. The molecule has 0 saturated heterocycles. The molecule has 1 aliphatic rings. The topological polar surface area (TPSA) is 97.1 Å². The summed E-state index contributed by atoms with van der Waals surface area (Å²) in [7, 11) is 0. The maximum absolute atomic E-state index is 12.1. The standard InChI is InChI=1S/C19H20N4O3S2/c1-11-4-5-13-14(7-11)28-18-16(13)17(21-10-22-18)27-9-15(24)23-19(25)20-8-12-3-2-6-26-12/h2-3,6,10-11H,4-5,7-9H2,1H3,(H2,20,23,24,25)/t11-/m0/s1. The second-order valence-electron chi connectivity index (χ2n) is 6.81. The molecule has 1 atom stereocenters. The number of carbonyl (C=O) groups is 2. The van der Waals surface area contributed by atoms with E-state index >= 15 is 0 Å². The Morgan fingerprint density at radius 1 is 1.39 bits per heavy atom.